The highest BCUT2D eigenvalue weighted by Gasteiger charge is 2.06. The van der Waals surface area contributed by atoms with Crippen LogP contribution in [-0.2, 0) is 4.74 Å². The monoisotopic (exact) mass is 195 g/mol. The van der Waals surface area contributed by atoms with Crippen molar-refractivity contribution in [1.29, 1.82) is 0 Å². The number of nitrogens with two attached hydrogens (primary N) is 1. The largest absolute Gasteiger partial charge is 0.382 e. The number of nitrogens with zero attached hydrogens (tertiary/aromatic N) is 2. The third-order valence-corrected chi connectivity index (χ3v) is 1.97. The molecule has 4 nitrogen and oxygen atoms in total. The van der Waals surface area contributed by atoms with Gasteiger partial charge in [0, 0.05) is 37.8 Å². The Hall–Kier alpha value is -1.00. The van der Waals surface area contributed by atoms with Gasteiger partial charge in [-0.05, 0) is 19.8 Å². The average molecular weight is 195 g/mol. The first-order valence-corrected chi connectivity index (χ1v) is 4.93. The number of rotatable bonds is 6. The Morgan fingerprint density at radius 2 is 2.36 bits per heavy atom. The van der Waals surface area contributed by atoms with Crippen molar-refractivity contribution in [3.8, 4) is 0 Å². The van der Waals surface area contributed by atoms with Gasteiger partial charge in [-0.2, -0.15) is 0 Å². The van der Waals surface area contributed by atoms with E-state index in [0.717, 1.165) is 31.7 Å². The highest BCUT2D eigenvalue weighted by Crippen LogP contribution is 2.11. The fourth-order valence-corrected chi connectivity index (χ4v) is 1.20. The summed E-state index contributed by atoms with van der Waals surface area (Å²) in [6, 6.07) is -0.0239. The molecule has 1 heterocycles. The molecule has 4 heteroatoms. The molecular weight excluding hydrogens is 178 g/mol. The summed E-state index contributed by atoms with van der Waals surface area (Å²) in [5, 5.41) is 0. The van der Waals surface area contributed by atoms with Crippen LogP contribution in [0.2, 0.25) is 0 Å². The maximum Gasteiger partial charge on any atom is 0.0753 e. The van der Waals surface area contributed by atoms with Crippen LogP contribution in [0.4, 0.5) is 0 Å². The van der Waals surface area contributed by atoms with Crippen molar-refractivity contribution >= 4 is 0 Å². The number of ether oxygens (including phenoxy) is 1. The summed E-state index contributed by atoms with van der Waals surface area (Å²) < 4.78 is 5.23. The zero-order valence-corrected chi connectivity index (χ0v) is 8.52. The van der Waals surface area contributed by atoms with Crippen molar-refractivity contribution in [3.63, 3.8) is 0 Å². The van der Waals surface area contributed by atoms with Gasteiger partial charge in [0.25, 0.3) is 0 Å². The molecule has 1 atom stereocenters. The van der Waals surface area contributed by atoms with Crippen LogP contribution in [0.15, 0.2) is 18.6 Å². The van der Waals surface area contributed by atoms with E-state index >= 15 is 0 Å². The van der Waals surface area contributed by atoms with Crippen LogP contribution in [0.25, 0.3) is 0 Å². The standard InChI is InChI=1S/C10H17N3O/c1-2-14-7-3-4-9(11)10-8-12-5-6-13-10/h5-6,8-9H,2-4,7,11H2,1H3. The first-order valence-electron chi connectivity index (χ1n) is 4.93. The zero-order chi connectivity index (χ0) is 10.2. The Labute approximate surface area is 84.5 Å². The normalized spacial score (nSPS) is 12.7. The lowest BCUT2D eigenvalue weighted by molar-refractivity contribution is 0.142. The van der Waals surface area contributed by atoms with Gasteiger partial charge in [-0.1, -0.05) is 0 Å². The second kappa shape index (κ2) is 6.45. The van der Waals surface area contributed by atoms with E-state index in [-0.39, 0.29) is 6.04 Å². The SMILES string of the molecule is CCOCCCC(N)c1cnccn1. The fourth-order valence-electron chi connectivity index (χ4n) is 1.20. The molecule has 1 aromatic rings. The Bertz CT molecular complexity index is 240. The van der Waals surface area contributed by atoms with Crippen molar-refractivity contribution in [3.05, 3.63) is 24.3 Å². The third kappa shape index (κ3) is 3.81. The summed E-state index contributed by atoms with van der Waals surface area (Å²) >= 11 is 0. The minimum Gasteiger partial charge on any atom is -0.382 e. The van der Waals surface area contributed by atoms with Gasteiger partial charge in [0.1, 0.15) is 0 Å². The number of aromatic nitrogens is 2. The highest BCUT2D eigenvalue weighted by molar-refractivity contribution is 5.00. The van der Waals surface area contributed by atoms with Crippen LogP contribution < -0.4 is 5.73 Å². The van der Waals surface area contributed by atoms with Crippen LogP contribution in [0.3, 0.4) is 0 Å². The second-order valence-corrected chi connectivity index (χ2v) is 3.08. The first kappa shape index (κ1) is 11.1. The highest BCUT2D eigenvalue weighted by atomic mass is 16.5. The van der Waals surface area contributed by atoms with Crippen LogP contribution in [-0.4, -0.2) is 23.2 Å². The van der Waals surface area contributed by atoms with Crippen molar-refractivity contribution in [2.75, 3.05) is 13.2 Å². The molecule has 0 aliphatic heterocycles. The molecule has 0 saturated heterocycles. The molecule has 1 unspecified atom stereocenters. The van der Waals surface area contributed by atoms with E-state index in [9.17, 15) is 0 Å². The zero-order valence-electron chi connectivity index (χ0n) is 8.52. The number of hydrogen-bond acceptors (Lipinski definition) is 4. The molecule has 0 fully saturated rings. The predicted octanol–water partition coefficient (Wildman–Crippen LogP) is 1.29. The average Bonchev–Trinajstić information content (AvgIpc) is 2.25. The van der Waals surface area contributed by atoms with Gasteiger partial charge in [-0.25, -0.2) is 0 Å². The van der Waals surface area contributed by atoms with Crippen LogP contribution in [0, 0.1) is 0 Å². The number of hydrogen-bond donors (Lipinski definition) is 1. The first-order chi connectivity index (χ1) is 6.84. The lowest BCUT2D eigenvalue weighted by atomic mass is 10.1. The molecule has 0 aromatic carbocycles. The van der Waals surface area contributed by atoms with Crippen LogP contribution in [0.5, 0.6) is 0 Å². The minimum atomic E-state index is -0.0239. The van der Waals surface area contributed by atoms with E-state index in [1.165, 1.54) is 0 Å². The van der Waals surface area contributed by atoms with E-state index < -0.39 is 0 Å². The maximum atomic E-state index is 5.92. The third-order valence-electron chi connectivity index (χ3n) is 1.97. The second-order valence-electron chi connectivity index (χ2n) is 3.08. The minimum absolute atomic E-state index is 0.0239. The van der Waals surface area contributed by atoms with Crippen LogP contribution >= 0.6 is 0 Å². The molecule has 0 amide bonds. The van der Waals surface area contributed by atoms with Gasteiger partial charge in [0.15, 0.2) is 0 Å². The van der Waals surface area contributed by atoms with E-state index in [1.54, 1.807) is 18.6 Å². The quantitative estimate of drug-likeness (QED) is 0.695. The van der Waals surface area contributed by atoms with Gasteiger partial charge in [0.2, 0.25) is 0 Å². The lowest BCUT2D eigenvalue weighted by Gasteiger charge is -2.09. The smallest absolute Gasteiger partial charge is 0.0753 e. The predicted molar refractivity (Wildman–Crippen MR) is 54.7 cm³/mol. The van der Waals surface area contributed by atoms with Crippen molar-refractivity contribution < 1.29 is 4.74 Å². The van der Waals surface area contributed by atoms with Crippen molar-refractivity contribution in [1.82, 2.24) is 9.97 Å². The molecule has 14 heavy (non-hydrogen) atoms. The van der Waals surface area contributed by atoms with Gasteiger partial charge >= 0.3 is 0 Å². The van der Waals surface area contributed by atoms with Crippen molar-refractivity contribution in [2.45, 2.75) is 25.8 Å². The molecule has 0 aliphatic carbocycles. The Morgan fingerprint density at radius 1 is 1.50 bits per heavy atom. The molecule has 0 saturated carbocycles. The van der Waals surface area contributed by atoms with E-state index in [4.69, 9.17) is 10.5 Å². The van der Waals surface area contributed by atoms with Gasteiger partial charge in [0.05, 0.1) is 5.69 Å². The molecule has 0 radical (unpaired) electrons. The molecule has 2 N–H and O–H groups in total. The molecule has 0 aliphatic rings. The van der Waals surface area contributed by atoms with Crippen LogP contribution in [0.1, 0.15) is 31.5 Å². The summed E-state index contributed by atoms with van der Waals surface area (Å²) in [6.07, 6.45) is 6.88. The summed E-state index contributed by atoms with van der Waals surface area (Å²) in [5.74, 6) is 0. The van der Waals surface area contributed by atoms with E-state index in [0.29, 0.717) is 0 Å². The summed E-state index contributed by atoms with van der Waals surface area (Å²) in [4.78, 5) is 8.13. The molecule has 0 spiro atoms. The summed E-state index contributed by atoms with van der Waals surface area (Å²) in [7, 11) is 0. The Balaban J connectivity index is 2.25. The molecule has 1 rings (SSSR count). The molecule has 0 bridgehead atoms. The summed E-state index contributed by atoms with van der Waals surface area (Å²) in [5.41, 5.74) is 6.77. The van der Waals surface area contributed by atoms with E-state index in [2.05, 4.69) is 9.97 Å². The Morgan fingerprint density at radius 3 is 3.00 bits per heavy atom. The topological polar surface area (TPSA) is 61.0 Å². The molecule has 1 aromatic heterocycles. The van der Waals surface area contributed by atoms with Gasteiger partial charge < -0.3 is 10.5 Å². The Kier molecular flexibility index (Phi) is 5.11. The van der Waals surface area contributed by atoms with Gasteiger partial charge in [-0.15, -0.1) is 0 Å². The summed E-state index contributed by atoms with van der Waals surface area (Å²) in [6.45, 7) is 3.52. The molecule has 78 valence electrons. The fraction of sp³-hybridized carbons (Fsp3) is 0.600. The van der Waals surface area contributed by atoms with Crippen molar-refractivity contribution in [2.24, 2.45) is 5.73 Å². The molecular formula is C10H17N3O. The van der Waals surface area contributed by atoms with Gasteiger partial charge in [-0.3, -0.25) is 9.97 Å². The lowest BCUT2D eigenvalue weighted by Crippen LogP contribution is -2.13. The maximum absolute atomic E-state index is 5.92. The van der Waals surface area contributed by atoms with E-state index in [1.807, 2.05) is 6.92 Å².